The van der Waals surface area contributed by atoms with Crippen molar-refractivity contribution in [3.05, 3.63) is 11.6 Å². The predicted octanol–water partition coefficient (Wildman–Crippen LogP) is 1.36. The number of guanidine groups is 1. The molecule has 2 heterocycles. The Morgan fingerprint density at radius 2 is 2.23 bits per heavy atom. The summed E-state index contributed by atoms with van der Waals surface area (Å²) in [6.45, 7) is 10.7. The molecule has 0 aliphatic carbocycles. The van der Waals surface area contributed by atoms with Crippen molar-refractivity contribution in [1.29, 1.82) is 0 Å². The summed E-state index contributed by atoms with van der Waals surface area (Å²) in [5.74, 6) is 3.30. The van der Waals surface area contributed by atoms with Gasteiger partial charge < -0.3 is 20.1 Å². The van der Waals surface area contributed by atoms with E-state index in [0.717, 1.165) is 56.6 Å². The molecule has 0 bridgehead atoms. The van der Waals surface area contributed by atoms with Crippen molar-refractivity contribution in [3.8, 4) is 0 Å². The first-order valence-corrected chi connectivity index (χ1v) is 9.66. The Morgan fingerprint density at radius 1 is 1.38 bits per heavy atom. The monoisotopic (exact) mass is 366 g/mol. The molecule has 0 saturated carbocycles. The highest BCUT2D eigenvalue weighted by molar-refractivity contribution is 5.80. The topological polar surface area (TPSA) is 85.6 Å². The number of hydrogen-bond acceptors (Lipinski definition) is 5. The van der Waals surface area contributed by atoms with Crippen LogP contribution in [0.3, 0.4) is 0 Å². The fourth-order valence-electron chi connectivity index (χ4n) is 2.83. The average molecular weight is 367 g/mol. The van der Waals surface area contributed by atoms with Crippen molar-refractivity contribution in [2.24, 2.45) is 10.9 Å². The first-order chi connectivity index (χ1) is 12.6. The van der Waals surface area contributed by atoms with Gasteiger partial charge in [-0.2, -0.15) is 5.10 Å². The lowest BCUT2D eigenvalue weighted by atomic mass is 10.1. The minimum Gasteiger partial charge on any atom is -0.380 e. The number of nitrogens with zero attached hydrogens (tertiary/aromatic N) is 4. The van der Waals surface area contributed by atoms with E-state index in [9.17, 15) is 0 Å². The number of aryl methyl sites for hydroxylation is 1. The van der Waals surface area contributed by atoms with Crippen LogP contribution >= 0.6 is 0 Å². The third-order valence-corrected chi connectivity index (χ3v) is 4.21. The first-order valence-electron chi connectivity index (χ1n) is 9.66. The molecule has 0 aromatic carbocycles. The Morgan fingerprint density at radius 3 is 2.96 bits per heavy atom. The predicted molar refractivity (Wildman–Crippen MR) is 102 cm³/mol. The van der Waals surface area contributed by atoms with Gasteiger partial charge >= 0.3 is 0 Å². The van der Waals surface area contributed by atoms with Gasteiger partial charge in [0.2, 0.25) is 0 Å². The third kappa shape index (κ3) is 6.92. The number of ether oxygens (including phenoxy) is 2. The summed E-state index contributed by atoms with van der Waals surface area (Å²) in [6, 6.07) is 0.291. The highest BCUT2D eigenvalue weighted by atomic mass is 16.5. The Labute approximate surface area is 156 Å². The van der Waals surface area contributed by atoms with Gasteiger partial charge in [-0.1, -0.05) is 13.8 Å². The van der Waals surface area contributed by atoms with Crippen LogP contribution in [0, 0.1) is 5.92 Å². The molecule has 0 fully saturated rings. The lowest BCUT2D eigenvalue weighted by Gasteiger charge is -2.25. The zero-order chi connectivity index (χ0) is 18.8. The van der Waals surface area contributed by atoms with E-state index in [0.29, 0.717) is 31.7 Å². The molecule has 1 aromatic heterocycles. The molecule has 2 rings (SSSR count). The fourth-order valence-corrected chi connectivity index (χ4v) is 2.83. The maximum atomic E-state index is 5.64. The number of methoxy groups -OCH3 is 1. The van der Waals surface area contributed by atoms with Gasteiger partial charge in [-0.15, -0.1) is 0 Å². The zero-order valence-electron chi connectivity index (χ0n) is 16.6. The van der Waals surface area contributed by atoms with Crippen molar-refractivity contribution >= 4 is 5.96 Å². The first kappa shape index (κ1) is 20.6. The second kappa shape index (κ2) is 11.1. The minimum atomic E-state index is 0.291. The fraction of sp³-hybridized carbons (Fsp3) is 0.833. The molecular weight excluding hydrogens is 332 g/mol. The van der Waals surface area contributed by atoms with Crippen molar-refractivity contribution in [2.45, 2.75) is 59.2 Å². The van der Waals surface area contributed by atoms with Gasteiger partial charge in [-0.25, -0.2) is 9.67 Å². The van der Waals surface area contributed by atoms with Gasteiger partial charge in [0.05, 0.1) is 19.7 Å². The Balaban J connectivity index is 1.80. The van der Waals surface area contributed by atoms with Gasteiger partial charge in [0.15, 0.2) is 11.8 Å². The normalized spacial score (nSPS) is 17.4. The van der Waals surface area contributed by atoms with E-state index in [1.807, 2.05) is 4.68 Å². The van der Waals surface area contributed by atoms with E-state index in [1.165, 1.54) is 0 Å². The van der Waals surface area contributed by atoms with Crippen LogP contribution in [0.4, 0.5) is 0 Å². The summed E-state index contributed by atoms with van der Waals surface area (Å²) in [6.07, 6.45) is 3.02. The number of aromatic nitrogens is 3. The Kier molecular flexibility index (Phi) is 8.84. The van der Waals surface area contributed by atoms with E-state index in [-0.39, 0.29) is 0 Å². The molecule has 1 unspecified atom stereocenters. The van der Waals surface area contributed by atoms with Crippen LogP contribution in [-0.4, -0.2) is 60.2 Å². The summed E-state index contributed by atoms with van der Waals surface area (Å²) < 4.78 is 12.7. The quantitative estimate of drug-likeness (QED) is 0.369. The molecule has 0 saturated heterocycles. The number of hydrogen-bond donors (Lipinski definition) is 2. The van der Waals surface area contributed by atoms with E-state index in [4.69, 9.17) is 9.47 Å². The molecule has 0 radical (unpaired) electrons. The Hall–Kier alpha value is -1.67. The van der Waals surface area contributed by atoms with Crippen LogP contribution in [0.15, 0.2) is 4.99 Å². The third-order valence-electron chi connectivity index (χ3n) is 4.21. The number of aliphatic imine (C=N–C) groups is 1. The van der Waals surface area contributed by atoms with E-state index < -0.39 is 0 Å². The SMILES string of the molecule is CCNC(=NCCOCCC(C)C)NC1CCc2nc(COC)nn2C1. The molecule has 1 aromatic rings. The van der Waals surface area contributed by atoms with E-state index in [1.54, 1.807) is 7.11 Å². The van der Waals surface area contributed by atoms with Gasteiger partial charge in [0, 0.05) is 32.7 Å². The highest BCUT2D eigenvalue weighted by Crippen LogP contribution is 2.13. The molecule has 8 nitrogen and oxygen atoms in total. The van der Waals surface area contributed by atoms with Gasteiger partial charge in [-0.3, -0.25) is 4.99 Å². The highest BCUT2D eigenvalue weighted by Gasteiger charge is 2.22. The van der Waals surface area contributed by atoms with Crippen molar-refractivity contribution < 1.29 is 9.47 Å². The largest absolute Gasteiger partial charge is 0.380 e. The lowest BCUT2D eigenvalue weighted by Crippen LogP contribution is -2.47. The second-order valence-corrected chi connectivity index (χ2v) is 6.99. The van der Waals surface area contributed by atoms with Gasteiger partial charge in [0.1, 0.15) is 12.4 Å². The van der Waals surface area contributed by atoms with Crippen molar-refractivity contribution in [3.63, 3.8) is 0 Å². The molecule has 26 heavy (non-hydrogen) atoms. The molecule has 0 amide bonds. The average Bonchev–Trinajstić information content (AvgIpc) is 2.99. The van der Waals surface area contributed by atoms with Crippen LogP contribution < -0.4 is 10.6 Å². The molecule has 2 N–H and O–H groups in total. The minimum absolute atomic E-state index is 0.291. The standard InChI is InChI=1S/C18H34N6O2/c1-5-19-18(20-9-11-26-10-8-14(2)3)21-15-6-7-17-22-16(13-25-4)23-24(17)12-15/h14-15H,5-13H2,1-4H3,(H2,19,20,21). The molecule has 1 atom stereocenters. The van der Waals surface area contributed by atoms with Crippen LogP contribution in [0.25, 0.3) is 0 Å². The summed E-state index contributed by atoms with van der Waals surface area (Å²) >= 11 is 0. The molecule has 1 aliphatic heterocycles. The number of rotatable bonds is 10. The number of nitrogens with one attached hydrogen (secondary N) is 2. The summed E-state index contributed by atoms with van der Waals surface area (Å²) in [4.78, 5) is 9.14. The van der Waals surface area contributed by atoms with Crippen LogP contribution in [0.1, 0.15) is 45.3 Å². The maximum Gasteiger partial charge on any atom is 0.191 e. The smallest absolute Gasteiger partial charge is 0.191 e. The molecule has 1 aliphatic rings. The van der Waals surface area contributed by atoms with E-state index in [2.05, 4.69) is 46.5 Å². The number of fused-ring (bicyclic) bond motifs is 1. The second-order valence-electron chi connectivity index (χ2n) is 6.99. The summed E-state index contributed by atoms with van der Waals surface area (Å²) in [7, 11) is 1.66. The molecule has 148 valence electrons. The van der Waals surface area contributed by atoms with Crippen molar-refractivity contribution in [1.82, 2.24) is 25.4 Å². The molecule has 0 spiro atoms. The van der Waals surface area contributed by atoms with Crippen LogP contribution in [0.5, 0.6) is 0 Å². The van der Waals surface area contributed by atoms with Gasteiger partial charge in [0.25, 0.3) is 0 Å². The molecule has 8 heteroatoms. The van der Waals surface area contributed by atoms with Crippen molar-refractivity contribution in [2.75, 3.05) is 33.4 Å². The van der Waals surface area contributed by atoms with E-state index >= 15 is 0 Å². The Bertz CT molecular complexity index is 558. The zero-order valence-corrected chi connectivity index (χ0v) is 16.6. The lowest BCUT2D eigenvalue weighted by molar-refractivity contribution is 0.130. The molecular formula is C18H34N6O2. The van der Waals surface area contributed by atoms with Crippen LogP contribution in [0.2, 0.25) is 0 Å². The van der Waals surface area contributed by atoms with Gasteiger partial charge in [-0.05, 0) is 25.7 Å². The maximum absolute atomic E-state index is 5.64. The summed E-state index contributed by atoms with van der Waals surface area (Å²) in [5, 5.41) is 11.3. The van der Waals surface area contributed by atoms with Crippen LogP contribution in [-0.2, 0) is 29.0 Å². The summed E-state index contributed by atoms with van der Waals surface area (Å²) in [5.41, 5.74) is 0.